The van der Waals surface area contributed by atoms with Crippen LogP contribution in [0, 0.1) is 0 Å². The van der Waals surface area contributed by atoms with E-state index in [0.717, 1.165) is 6.42 Å². The minimum Gasteiger partial charge on any atom is -0.355 e. The molecule has 3 N–H and O–H groups in total. The lowest BCUT2D eigenvalue weighted by atomic mass is 10.2. The third-order valence-electron chi connectivity index (χ3n) is 1.80. The minimum absolute atomic E-state index is 0.0284. The molecule has 0 fully saturated rings. The normalized spacial score (nSPS) is 12.4. The Morgan fingerprint density at radius 3 is 3.07 bits per heavy atom. The average molecular weight is 212 g/mol. The molecule has 0 saturated carbocycles. The Morgan fingerprint density at radius 2 is 2.50 bits per heavy atom. The van der Waals surface area contributed by atoms with Crippen molar-refractivity contribution < 1.29 is 4.79 Å². The number of rotatable bonds is 5. The third-order valence-corrected chi connectivity index (χ3v) is 2.74. The van der Waals surface area contributed by atoms with Gasteiger partial charge in [-0.1, -0.05) is 6.07 Å². The molecule has 0 aromatic carbocycles. The monoisotopic (exact) mass is 212 g/mol. The molecule has 78 valence electrons. The second-order valence-electron chi connectivity index (χ2n) is 3.36. The highest BCUT2D eigenvalue weighted by atomic mass is 32.1. The van der Waals surface area contributed by atoms with Crippen LogP contribution < -0.4 is 11.1 Å². The van der Waals surface area contributed by atoms with Crippen molar-refractivity contribution in [2.24, 2.45) is 5.73 Å². The number of nitrogens with two attached hydrogens (primary N) is 1. The number of carbonyl (C=O) groups is 1. The molecule has 14 heavy (non-hydrogen) atoms. The summed E-state index contributed by atoms with van der Waals surface area (Å²) in [5.74, 6) is 0.0794. The lowest BCUT2D eigenvalue weighted by Gasteiger charge is -2.06. The fourth-order valence-electron chi connectivity index (χ4n) is 1.05. The summed E-state index contributed by atoms with van der Waals surface area (Å²) in [4.78, 5) is 12.5. The van der Waals surface area contributed by atoms with Gasteiger partial charge in [0.1, 0.15) is 0 Å². The van der Waals surface area contributed by atoms with Gasteiger partial charge in [0.05, 0.1) is 0 Å². The first-order valence-corrected chi connectivity index (χ1v) is 5.61. The smallest absolute Gasteiger partial charge is 0.220 e. The summed E-state index contributed by atoms with van der Waals surface area (Å²) >= 11 is 1.68. The number of nitrogens with one attached hydrogen (secondary N) is 1. The van der Waals surface area contributed by atoms with Gasteiger partial charge in [-0.15, -0.1) is 11.3 Å². The largest absolute Gasteiger partial charge is 0.355 e. The van der Waals surface area contributed by atoms with Crippen molar-refractivity contribution in [1.29, 1.82) is 0 Å². The van der Waals surface area contributed by atoms with E-state index < -0.39 is 0 Å². The number of aryl methyl sites for hydroxylation is 1. The van der Waals surface area contributed by atoms with Crippen LogP contribution in [0.25, 0.3) is 0 Å². The van der Waals surface area contributed by atoms with Crippen molar-refractivity contribution >= 4 is 17.2 Å². The molecule has 4 heteroatoms. The van der Waals surface area contributed by atoms with Gasteiger partial charge in [0.2, 0.25) is 5.91 Å². The van der Waals surface area contributed by atoms with Crippen molar-refractivity contribution in [1.82, 2.24) is 5.32 Å². The number of hydrogen-bond donors (Lipinski definition) is 2. The lowest BCUT2D eigenvalue weighted by Crippen LogP contribution is -2.35. The first kappa shape index (κ1) is 11.2. The standard InChI is InChI=1S/C10H16N2OS/c1-8(11)7-12-10(13)5-4-9-3-2-6-14-9/h2-3,6,8H,4-5,7,11H2,1H3,(H,12,13). The summed E-state index contributed by atoms with van der Waals surface area (Å²) in [6, 6.07) is 4.07. The SMILES string of the molecule is CC(N)CNC(=O)CCc1cccs1. The van der Waals surface area contributed by atoms with E-state index in [4.69, 9.17) is 5.73 Å². The van der Waals surface area contributed by atoms with Gasteiger partial charge in [0, 0.05) is 23.9 Å². The predicted octanol–water partition coefficient (Wildman–Crippen LogP) is 1.14. The van der Waals surface area contributed by atoms with E-state index in [1.165, 1.54) is 4.88 Å². The maximum absolute atomic E-state index is 11.3. The van der Waals surface area contributed by atoms with Gasteiger partial charge < -0.3 is 11.1 Å². The molecule has 0 spiro atoms. The highest BCUT2D eigenvalue weighted by molar-refractivity contribution is 7.09. The molecule has 1 rings (SSSR count). The molecule has 0 bridgehead atoms. The molecular formula is C10H16N2OS. The summed E-state index contributed by atoms with van der Waals surface area (Å²) in [7, 11) is 0. The van der Waals surface area contributed by atoms with Crippen molar-refractivity contribution in [3.8, 4) is 0 Å². The third kappa shape index (κ3) is 4.39. The Labute approximate surface area is 88.3 Å². The van der Waals surface area contributed by atoms with Gasteiger partial charge in [-0.3, -0.25) is 4.79 Å². The molecule has 0 radical (unpaired) electrons. The Hall–Kier alpha value is -0.870. The van der Waals surface area contributed by atoms with Crippen LogP contribution in [-0.2, 0) is 11.2 Å². The molecule has 1 amide bonds. The Balaban J connectivity index is 2.15. The van der Waals surface area contributed by atoms with Crippen LogP contribution in [0.5, 0.6) is 0 Å². The molecule has 1 unspecified atom stereocenters. The van der Waals surface area contributed by atoms with Crippen LogP contribution in [0.1, 0.15) is 18.2 Å². The van der Waals surface area contributed by atoms with Crippen molar-refractivity contribution in [3.05, 3.63) is 22.4 Å². The van der Waals surface area contributed by atoms with Crippen LogP contribution in [0.4, 0.5) is 0 Å². The number of thiophene rings is 1. The zero-order valence-corrected chi connectivity index (χ0v) is 9.14. The predicted molar refractivity (Wildman–Crippen MR) is 59.3 cm³/mol. The number of amides is 1. The van der Waals surface area contributed by atoms with Crippen molar-refractivity contribution in [2.45, 2.75) is 25.8 Å². The lowest BCUT2D eigenvalue weighted by molar-refractivity contribution is -0.121. The fraction of sp³-hybridized carbons (Fsp3) is 0.500. The summed E-state index contributed by atoms with van der Waals surface area (Å²) in [6.07, 6.45) is 1.37. The van der Waals surface area contributed by atoms with E-state index in [-0.39, 0.29) is 11.9 Å². The highest BCUT2D eigenvalue weighted by Crippen LogP contribution is 2.10. The topological polar surface area (TPSA) is 55.1 Å². The summed E-state index contributed by atoms with van der Waals surface area (Å²) in [6.45, 7) is 2.43. The second kappa shape index (κ2) is 5.78. The summed E-state index contributed by atoms with van der Waals surface area (Å²) in [5, 5.41) is 4.81. The van der Waals surface area contributed by atoms with Gasteiger partial charge in [0.25, 0.3) is 0 Å². The van der Waals surface area contributed by atoms with E-state index in [2.05, 4.69) is 5.32 Å². The number of hydrogen-bond acceptors (Lipinski definition) is 3. The average Bonchev–Trinajstić information content (AvgIpc) is 2.63. The summed E-state index contributed by atoms with van der Waals surface area (Å²) < 4.78 is 0. The van der Waals surface area contributed by atoms with Gasteiger partial charge in [-0.05, 0) is 24.8 Å². The van der Waals surface area contributed by atoms with E-state index in [1.54, 1.807) is 11.3 Å². The quantitative estimate of drug-likeness (QED) is 0.769. The molecular weight excluding hydrogens is 196 g/mol. The van der Waals surface area contributed by atoms with Crippen LogP contribution in [0.2, 0.25) is 0 Å². The van der Waals surface area contributed by atoms with Crippen LogP contribution in [0.15, 0.2) is 17.5 Å². The maximum atomic E-state index is 11.3. The van der Waals surface area contributed by atoms with Gasteiger partial charge >= 0.3 is 0 Å². The zero-order valence-electron chi connectivity index (χ0n) is 8.32. The second-order valence-corrected chi connectivity index (χ2v) is 4.39. The zero-order chi connectivity index (χ0) is 10.4. The number of carbonyl (C=O) groups excluding carboxylic acids is 1. The fourth-order valence-corrected chi connectivity index (χ4v) is 1.76. The molecule has 1 aromatic rings. The first-order valence-electron chi connectivity index (χ1n) is 4.73. The Morgan fingerprint density at radius 1 is 1.71 bits per heavy atom. The molecule has 0 aliphatic carbocycles. The minimum atomic E-state index is 0.0284. The van der Waals surface area contributed by atoms with Crippen LogP contribution in [-0.4, -0.2) is 18.5 Å². The van der Waals surface area contributed by atoms with Gasteiger partial charge in [-0.25, -0.2) is 0 Å². The Kier molecular flexibility index (Phi) is 4.62. The van der Waals surface area contributed by atoms with Gasteiger partial charge in [-0.2, -0.15) is 0 Å². The molecule has 0 aliphatic rings. The molecule has 3 nitrogen and oxygen atoms in total. The first-order chi connectivity index (χ1) is 6.68. The molecule has 0 aliphatic heterocycles. The van der Waals surface area contributed by atoms with E-state index in [0.29, 0.717) is 13.0 Å². The van der Waals surface area contributed by atoms with E-state index in [9.17, 15) is 4.79 Å². The maximum Gasteiger partial charge on any atom is 0.220 e. The van der Waals surface area contributed by atoms with Crippen LogP contribution in [0.3, 0.4) is 0 Å². The Bertz CT molecular complexity index is 270. The van der Waals surface area contributed by atoms with Crippen molar-refractivity contribution in [2.75, 3.05) is 6.54 Å². The molecule has 0 saturated heterocycles. The molecule has 1 atom stereocenters. The van der Waals surface area contributed by atoms with Crippen molar-refractivity contribution in [3.63, 3.8) is 0 Å². The molecule has 1 aromatic heterocycles. The molecule has 1 heterocycles. The van der Waals surface area contributed by atoms with E-state index >= 15 is 0 Å². The van der Waals surface area contributed by atoms with Gasteiger partial charge in [0.15, 0.2) is 0 Å². The van der Waals surface area contributed by atoms with E-state index in [1.807, 2.05) is 24.4 Å². The summed E-state index contributed by atoms with van der Waals surface area (Å²) in [5.41, 5.74) is 5.52. The highest BCUT2D eigenvalue weighted by Gasteiger charge is 2.03. The van der Waals surface area contributed by atoms with Crippen LogP contribution >= 0.6 is 11.3 Å².